The molecule has 3 rings (SSSR count). The van der Waals surface area contributed by atoms with Crippen LogP contribution in [0.25, 0.3) is 11.0 Å². The summed E-state index contributed by atoms with van der Waals surface area (Å²) in [5.74, 6) is 0.440. The summed E-state index contributed by atoms with van der Waals surface area (Å²) in [6.45, 7) is 3.99. The molecule has 0 spiro atoms. The minimum absolute atomic E-state index is 0.0555. The van der Waals surface area contributed by atoms with Gasteiger partial charge in [-0.15, -0.1) is 0 Å². The fourth-order valence-electron chi connectivity index (χ4n) is 2.21. The molecule has 0 atom stereocenters. The van der Waals surface area contributed by atoms with Crippen LogP contribution in [0.15, 0.2) is 42.7 Å². The summed E-state index contributed by atoms with van der Waals surface area (Å²) in [5.41, 5.74) is 3.89. The first-order chi connectivity index (χ1) is 10.5. The van der Waals surface area contributed by atoms with Crippen LogP contribution in [0.5, 0.6) is 5.75 Å². The average Bonchev–Trinajstić information content (AvgIpc) is 2.90. The molecule has 5 heteroatoms. The van der Waals surface area contributed by atoms with Crippen LogP contribution in [0.4, 0.5) is 0 Å². The maximum Gasteiger partial charge on any atom is 0.270 e. The molecule has 0 amide bonds. The van der Waals surface area contributed by atoms with Crippen molar-refractivity contribution in [2.24, 2.45) is 0 Å². The zero-order valence-electron chi connectivity index (χ0n) is 12.3. The Morgan fingerprint density at radius 3 is 2.59 bits per heavy atom. The average molecular weight is 315 g/mol. The van der Waals surface area contributed by atoms with Gasteiger partial charge in [0.2, 0.25) is 0 Å². The Morgan fingerprint density at radius 1 is 1.18 bits per heavy atom. The van der Waals surface area contributed by atoms with E-state index in [0.29, 0.717) is 10.8 Å². The van der Waals surface area contributed by atoms with Gasteiger partial charge in [0.1, 0.15) is 12.1 Å². The SMILES string of the molecule is Cc1cc2ncn(C(=O)COc3ccc(Cl)cc3)c2cc1C. The molecular formula is C17H15ClN2O2. The molecular weight excluding hydrogens is 300 g/mol. The Morgan fingerprint density at radius 2 is 1.86 bits per heavy atom. The van der Waals surface area contributed by atoms with Crippen molar-refractivity contribution >= 4 is 28.5 Å². The molecule has 4 nitrogen and oxygen atoms in total. The van der Waals surface area contributed by atoms with Crippen molar-refractivity contribution in [3.63, 3.8) is 0 Å². The summed E-state index contributed by atoms with van der Waals surface area (Å²) in [7, 11) is 0. The van der Waals surface area contributed by atoms with Gasteiger partial charge in [-0.1, -0.05) is 11.6 Å². The number of benzene rings is 2. The molecule has 0 radical (unpaired) electrons. The van der Waals surface area contributed by atoms with Gasteiger partial charge in [0.05, 0.1) is 11.0 Å². The number of fused-ring (bicyclic) bond motifs is 1. The van der Waals surface area contributed by atoms with Crippen LogP contribution in [0.2, 0.25) is 5.02 Å². The van der Waals surface area contributed by atoms with Crippen molar-refractivity contribution in [3.05, 3.63) is 58.9 Å². The minimum atomic E-state index is -0.166. The number of hydrogen-bond acceptors (Lipinski definition) is 3. The Kier molecular flexibility index (Phi) is 3.86. The second-order valence-electron chi connectivity index (χ2n) is 5.18. The number of aryl methyl sites for hydroxylation is 2. The standard InChI is InChI=1S/C17H15ClN2O2/c1-11-7-15-16(8-12(11)2)20(10-19-15)17(21)9-22-14-5-3-13(18)4-6-14/h3-8,10H,9H2,1-2H3. The number of carbonyl (C=O) groups excluding carboxylic acids is 1. The molecule has 0 bridgehead atoms. The van der Waals surface area contributed by atoms with E-state index in [1.54, 1.807) is 24.3 Å². The number of carbonyl (C=O) groups is 1. The molecule has 0 aliphatic carbocycles. The number of aromatic nitrogens is 2. The van der Waals surface area contributed by atoms with Gasteiger partial charge in [-0.2, -0.15) is 0 Å². The molecule has 0 N–H and O–H groups in total. The van der Waals surface area contributed by atoms with E-state index in [0.717, 1.165) is 22.2 Å². The molecule has 112 valence electrons. The van der Waals surface area contributed by atoms with Crippen molar-refractivity contribution in [2.45, 2.75) is 13.8 Å². The topological polar surface area (TPSA) is 44.1 Å². The Balaban J connectivity index is 1.80. The van der Waals surface area contributed by atoms with E-state index in [-0.39, 0.29) is 12.5 Å². The van der Waals surface area contributed by atoms with Crippen molar-refractivity contribution in [1.29, 1.82) is 0 Å². The van der Waals surface area contributed by atoms with Crippen LogP contribution in [0.3, 0.4) is 0 Å². The Labute approximate surface area is 133 Å². The van der Waals surface area contributed by atoms with Crippen LogP contribution in [0.1, 0.15) is 15.9 Å². The molecule has 0 saturated carbocycles. The summed E-state index contributed by atoms with van der Waals surface area (Å²) < 4.78 is 7.02. The normalized spacial score (nSPS) is 10.9. The second-order valence-corrected chi connectivity index (χ2v) is 5.61. The lowest BCUT2D eigenvalue weighted by atomic mass is 10.1. The van der Waals surface area contributed by atoms with Crippen LogP contribution < -0.4 is 4.74 Å². The molecule has 0 unspecified atom stereocenters. The molecule has 22 heavy (non-hydrogen) atoms. The van der Waals surface area contributed by atoms with Gasteiger partial charge in [-0.3, -0.25) is 9.36 Å². The van der Waals surface area contributed by atoms with E-state index >= 15 is 0 Å². The molecule has 3 aromatic rings. The van der Waals surface area contributed by atoms with Gasteiger partial charge in [0.25, 0.3) is 5.91 Å². The number of rotatable bonds is 3. The Bertz CT molecular complexity index is 838. The third-order valence-corrected chi connectivity index (χ3v) is 3.86. The summed E-state index contributed by atoms with van der Waals surface area (Å²) in [5, 5.41) is 0.630. The van der Waals surface area contributed by atoms with E-state index in [4.69, 9.17) is 16.3 Å². The third-order valence-electron chi connectivity index (χ3n) is 3.61. The van der Waals surface area contributed by atoms with Crippen molar-refractivity contribution in [1.82, 2.24) is 9.55 Å². The molecule has 0 aliphatic heterocycles. The fourth-order valence-corrected chi connectivity index (χ4v) is 2.33. The lowest BCUT2D eigenvalue weighted by Crippen LogP contribution is -2.18. The van der Waals surface area contributed by atoms with Gasteiger partial charge in [0.15, 0.2) is 6.61 Å². The van der Waals surface area contributed by atoms with Gasteiger partial charge in [0, 0.05) is 5.02 Å². The zero-order valence-corrected chi connectivity index (χ0v) is 13.1. The largest absolute Gasteiger partial charge is 0.484 e. The van der Waals surface area contributed by atoms with Crippen molar-refractivity contribution in [3.8, 4) is 5.75 Å². The van der Waals surface area contributed by atoms with Gasteiger partial charge in [-0.05, 0) is 61.4 Å². The highest BCUT2D eigenvalue weighted by Gasteiger charge is 2.12. The molecule has 0 aliphatic rings. The van der Waals surface area contributed by atoms with E-state index in [9.17, 15) is 4.79 Å². The quantitative estimate of drug-likeness (QED) is 0.733. The van der Waals surface area contributed by atoms with E-state index < -0.39 is 0 Å². The molecule has 2 aromatic carbocycles. The third kappa shape index (κ3) is 2.83. The predicted molar refractivity (Wildman–Crippen MR) is 86.8 cm³/mol. The zero-order chi connectivity index (χ0) is 15.7. The van der Waals surface area contributed by atoms with Crippen molar-refractivity contribution in [2.75, 3.05) is 6.61 Å². The minimum Gasteiger partial charge on any atom is -0.484 e. The van der Waals surface area contributed by atoms with Crippen molar-refractivity contribution < 1.29 is 9.53 Å². The molecule has 1 heterocycles. The van der Waals surface area contributed by atoms with E-state index in [1.165, 1.54) is 10.9 Å². The maximum atomic E-state index is 12.3. The van der Waals surface area contributed by atoms with Crippen LogP contribution in [-0.4, -0.2) is 22.1 Å². The van der Waals surface area contributed by atoms with Crippen LogP contribution in [-0.2, 0) is 0 Å². The monoisotopic (exact) mass is 314 g/mol. The highest BCUT2D eigenvalue weighted by Crippen LogP contribution is 2.19. The summed E-state index contributed by atoms with van der Waals surface area (Å²) in [4.78, 5) is 16.6. The fraction of sp³-hybridized carbons (Fsp3) is 0.176. The number of ether oxygens (including phenoxy) is 1. The van der Waals surface area contributed by atoms with Gasteiger partial charge >= 0.3 is 0 Å². The summed E-state index contributed by atoms with van der Waals surface area (Å²) >= 11 is 5.81. The number of halogens is 1. The smallest absolute Gasteiger partial charge is 0.270 e. The number of hydrogen-bond donors (Lipinski definition) is 0. The first-order valence-corrected chi connectivity index (χ1v) is 7.28. The van der Waals surface area contributed by atoms with Crippen LogP contribution >= 0.6 is 11.6 Å². The lowest BCUT2D eigenvalue weighted by molar-refractivity contribution is 0.0842. The van der Waals surface area contributed by atoms with E-state index in [2.05, 4.69) is 4.98 Å². The first-order valence-electron chi connectivity index (χ1n) is 6.90. The Hall–Kier alpha value is -2.33. The molecule has 1 aromatic heterocycles. The molecule has 0 fully saturated rings. The summed E-state index contributed by atoms with van der Waals surface area (Å²) in [6, 6.07) is 10.9. The summed E-state index contributed by atoms with van der Waals surface area (Å²) in [6.07, 6.45) is 1.54. The molecule has 0 saturated heterocycles. The lowest BCUT2D eigenvalue weighted by Gasteiger charge is -2.07. The second kappa shape index (κ2) is 5.81. The van der Waals surface area contributed by atoms with Gasteiger partial charge < -0.3 is 4.74 Å². The maximum absolute atomic E-state index is 12.3. The highest BCUT2D eigenvalue weighted by molar-refractivity contribution is 6.30. The predicted octanol–water partition coefficient (Wildman–Crippen LogP) is 4.03. The van der Waals surface area contributed by atoms with E-state index in [1.807, 2.05) is 26.0 Å². The number of nitrogens with zero attached hydrogens (tertiary/aromatic N) is 2. The number of imidazole rings is 1. The highest BCUT2D eigenvalue weighted by atomic mass is 35.5. The van der Waals surface area contributed by atoms with Crippen LogP contribution in [0, 0.1) is 13.8 Å². The van der Waals surface area contributed by atoms with Gasteiger partial charge in [-0.25, -0.2) is 4.98 Å². The first kappa shape index (κ1) is 14.6.